The van der Waals surface area contributed by atoms with Crippen molar-refractivity contribution in [2.75, 3.05) is 0 Å². The Hall–Kier alpha value is -7.86. The summed E-state index contributed by atoms with van der Waals surface area (Å²) in [5, 5.41) is 27.3. The van der Waals surface area contributed by atoms with Crippen molar-refractivity contribution in [2.45, 2.75) is 0 Å². The number of aromatic nitrogens is 3. The Labute approximate surface area is 316 Å². The zero-order chi connectivity index (χ0) is 36.6. The third-order valence-electron chi connectivity index (χ3n) is 11.1. The number of rotatable bonds is 4. The highest BCUT2D eigenvalue weighted by atomic mass is 15.0. The van der Waals surface area contributed by atoms with Crippen molar-refractivity contribution in [1.82, 2.24) is 13.7 Å². The highest BCUT2D eigenvalue weighted by Gasteiger charge is 2.21. The molecule has 11 rings (SSSR count). The standard InChI is InChI=1S/C50H29N5/c51-30-32-26-27-36(48(28-32)55-44-22-7-3-17-39(44)40-19-10-13-34(31-52)50(40)55)33-12-9-14-35(29-33)53-45-23-8-4-18-41(45)49-46(53)24-11-25-47(49)54-42-20-5-1-15-37(42)38-16-2-6-21-43(38)54/h1-29H. The zero-order valence-corrected chi connectivity index (χ0v) is 29.5. The van der Waals surface area contributed by atoms with E-state index in [4.69, 9.17) is 0 Å². The minimum absolute atomic E-state index is 0.551. The Morgan fingerprint density at radius 2 is 0.945 bits per heavy atom. The van der Waals surface area contributed by atoms with Gasteiger partial charge in [-0.2, -0.15) is 10.5 Å². The molecule has 5 heteroatoms. The van der Waals surface area contributed by atoms with E-state index in [9.17, 15) is 10.5 Å². The van der Waals surface area contributed by atoms with E-state index in [0.717, 1.165) is 61.0 Å². The molecule has 0 aliphatic carbocycles. The number of fused-ring (bicyclic) bond motifs is 9. The summed E-state index contributed by atoms with van der Waals surface area (Å²) >= 11 is 0. The summed E-state index contributed by atoms with van der Waals surface area (Å²) in [6.07, 6.45) is 0. The van der Waals surface area contributed by atoms with Gasteiger partial charge in [0, 0.05) is 43.6 Å². The van der Waals surface area contributed by atoms with Gasteiger partial charge in [-0.1, -0.05) is 109 Å². The molecule has 0 saturated carbocycles. The van der Waals surface area contributed by atoms with Gasteiger partial charge in [0.25, 0.3) is 0 Å². The first-order valence-electron chi connectivity index (χ1n) is 18.3. The van der Waals surface area contributed by atoms with Gasteiger partial charge in [0.2, 0.25) is 0 Å². The molecular weight excluding hydrogens is 671 g/mol. The van der Waals surface area contributed by atoms with Gasteiger partial charge >= 0.3 is 0 Å². The number of nitrogens with zero attached hydrogens (tertiary/aromatic N) is 5. The molecule has 11 aromatic rings. The Balaban J connectivity index is 1.18. The molecule has 0 spiro atoms. The van der Waals surface area contributed by atoms with E-state index in [1.54, 1.807) is 0 Å². The van der Waals surface area contributed by atoms with Crippen molar-refractivity contribution in [3.05, 3.63) is 187 Å². The maximum Gasteiger partial charge on any atom is 0.101 e. The van der Waals surface area contributed by atoms with Crippen LogP contribution in [0.4, 0.5) is 0 Å². The largest absolute Gasteiger partial charge is 0.309 e. The summed E-state index contributed by atoms with van der Waals surface area (Å²) in [5.74, 6) is 0. The van der Waals surface area contributed by atoms with Gasteiger partial charge < -0.3 is 13.7 Å². The average Bonchev–Trinajstić information content (AvgIpc) is 3.89. The predicted molar refractivity (Wildman–Crippen MR) is 224 cm³/mol. The first-order chi connectivity index (χ1) is 27.2. The SMILES string of the molecule is N#Cc1ccc(-c2cccc(-n3c4ccccc4c4c(-n5c6ccccc6c6ccccc65)cccc43)c2)c(-n2c3ccccc3c3cccc(C#N)c32)c1. The molecule has 8 aromatic carbocycles. The Kier molecular flexibility index (Phi) is 6.61. The molecule has 3 aromatic heterocycles. The second-order valence-electron chi connectivity index (χ2n) is 14.0. The highest BCUT2D eigenvalue weighted by molar-refractivity contribution is 6.16. The normalized spacial score (nSPS) is 11.6. The fraction of sp³-hybridized carbons (Fsp3) is 0. The molecule has 0 N–H and O–H groups in total. The number of benzene rings is 8. The van der Waals surface area contributed by atoms with Gasteiger partial charge in [-0.25, -0.2) is 0 Å². The molecule has 0 unspecified atom stereocenters. The van der Waals surface area contributed by atoms with Crippen molar-refractivity contribution < 1.29 is 0 Å². The monoisotopic (exact) mass is 699 g/mol. The minimum Gasteiger partial charge on any atom is -0.309 e. The number of hydrogen-bond donors (Lipinski definition) is 0. The maximum absolute atomic E-state index is 10.3. The zero-order valence-electron chi connectivity index (χ0n) is 29.5. The third-order valence-corrected chi connectivity index (χ3v) is 11.1. The second-order valence-corrected chi connectivity index (χ2v) is 14.0. The first kappa shape index (κ1) is 30.7. The fourth-order valence-corrected chi connectivity index (χ4v) is 8.85. The Morgan fingerprint density at radius 1 is 0.382 bits per heavy atom. The van der Waals surface area contributed by atoms with Gasteiger partial charge in [0.15, 0.2) is 0 Å². The van der Waals surface area contributed by atoms with Crippen molar-refractivity contribution in [3.63, 3.8) is 0 Å². The molecule has 0 radical (unpaired) electrons. The summed E-state index contributed by atoms with van der Waals surface area (Å²) in [6, 6.07) is 66.0. The van der Waals surface area contributed by atoms with Crippen LogP contribution in [0.1, 0.15) is 11.1 Å². The van der Waals surface area contributed by atoms with Crippen LogP contribution in [-0.2, 0) is 0 Å². The lowest BCUT2D eigenvalue weighted by molar-refractivity contribution is 1.16. The van der Waals surface area contributed by atoms with E-state index in [0.29, 0.717) is 11.1 Å². The lowest BCUT2D eigenvalue weighted by Gasteiger charge is -2.16. The molecule has 3 heterocycles. The van der Waals surface area contributed by atoms with Crippen molar-refractivity contribution in [2.24, 2.45) is 0 Å². The summed E-state index contributed by atoms with van der Waals surface area (Å²) in [5.41, 5.74) is 12.5. The van der Waals surface area contributed by atoms with Gasteiger partial charge in [0.1, 0.15) is 6.07 Å². The highest BCUT2D eigenvalue weighted by Crippen LogP contribution is 2.42. The molecular formula is C50H29N5. The molecule has 0 fully saturated rings. The molecule has 0 atom stereocenters. The molecule has 0 aliphatic rings. The number of para-hydroxylation sites is 5. The van der Waals surface area contributed by atoms with Gasteiger partial charge in [-0.3, -0.25) is 0 Å². The van der Waals surface area contributed by atoms with Crippen LogP contribution in [0.15, 0.2) is 176 Å². The topological polar surface area (TPSA) is 62.4 Å². The maximum atomic E-state index is 10.3. The second kappa shape index (κ2) is 11.8. The van der Waals surface area contributed by atoms with E-state index >= 15 is 0 Å². The van der Waals surface area contributed by atoms with E-state index in [2.05, 4.69) is 159 Å². The van der Waals surface area contributed by atoms with Crippen LogP contribution in [0.2, 0.25) is 0 Å². The molecule has 0 aliphatic heterocycles. The average molecular weight is 700 g/mol. The van der Waals surface area contributed by atoms with E-state index in [-0.39, 0.29) is 0 Å². The lowest BCUT2D eigenvalue weighted by Crippen LogP contribution is -2.00. The molecule has 5 nitrogen and oxygen atoms in total. The summed E-state index contributed by atoms with van der Waals surface area (Å²) in [6.45, 7) is 0. The van der Waals surface area contributed by atoms with E-state index in [1.165, 1.54) is 32.6 Å². The van der Waals surface area contributed by atoms with Crippen molar-refractivity contribution in [1.29, 1.82) is 10.5 Å². The van der Waals surface area contributed by atoms with Crippen LogP contribution in [-0.4, -0.2) is 13.7 Å². The molecule has 0 saturated heterocycles. The van der Waals surface area contributed by atoms with Crippen LogP contribution in [0.5, 0.6) is 0 Å². The van der Waals surface area contributed by atoms with Crippen molar-refractivity contribution in [3.8, 4) is 40.3 Å². The van der Waals surface area contributed by atoms with E-state index in [1.807, 2.05) is 42.5 Å². The number of nitriles is 2. The smallest absolute Gasteiger partial charge is 0.101 e. The summed E-state index contributed by atoms with van der Waals surface area (Å²) in [7, 11) is 0. The molecule has 254 valence electrons. The van der Waals surface area contributed by atoms with Crippen LogP contribution in [0, 0.1) is 22.7 Å². The summed E-state index contributed by atoms with van der Waals surface area (Å²) in [4.78, 5) is 0. The molecule has 0 bridgehead atoms. The fourth-order valence-electron chi connectivity index (χ4n) is 8.85. The first-order valence-corrected chi connectivity index (χ1v) is 18.3. The van der Waals surface area contributed by atoms with Crippen LogP contribution in [0.25, 0.3) is 93.6 Å². The Bertz CT molecular complexity index is 3420. The third kappa shape index (κ3) is 4.39. The Morgan fingerprint density at radius 3 is 1.64 bits per heavy atom. The quantitative estimate of drug-likeness (QED) is 0.184. The van der Waals surface area contributed by atoms with Crippen molar-refractivity contribution >= 4 is 65.4 Å². The van der Waals surface area contributed by atoms with Crippen LogP contribution in [0.3, 0.4) is 0 Å². The van der Waals surface area contributed by atoms with Gasteiger partial charge in [0.05, 0.1) is 61.7 Å². The van der Waals surface area contributed by atoms with E-state index < -0.39 is 0 Å². The molecule has 0 amide bonds. The number of hydrogen-bond acceptors (Lipinski definition) is 2. The van der Waals surface area contributed by atoms with Gasteiger partial charge in [-0.15, -0.1) is 0 Å². The lowest BCUT2D eigenvalue weighted by atomic mass is 10.0. The summed E-state index contributed by atoms with van der Waals surface area (Å²) < 4.78 is 6.93. The predicted octanol–water partition coefficient (Wildman–Crippen LogP) is 12.4. The van der Waals surface area contributed by atoms with Crippen LogP contribution >= 0.6 is 0 Å². The molecule has 55 heavy (non-hydrogen) atoms. The minimum atomic E-state index is 0.551. The van der Waals surface area contributed by atoms with Gasteiger partial charge in [-0.05, 0) is 72.3 Å². The van der Waals surface area contributed by atoms with Crippen LogP contribution < -0.4 is 0 Å².